The number of unbranched alkanes of at least 4 members (excludes halogenated alkanes) is 1. The van der Waals surface area contributed by atoms with Crippen LogP contribution in [0.4, 0.5) is 5.69 Å². The Labute approximate surface area is 176 Å². The first-order valence-electron chi connectivity index (χ1n) is 10.3. The van der Waals surface area contributed by atoms with Crippen LogP contribution < -0.4 is 27.7 Å². The van der Waals surface area contributed by atoms with E-state index in [1.54, 1.807) is 18.2 Å². The monoisotopic (exact) mass is 416 g/mol. The number of hydrogen-bond acceptors (Lipinski definition) is 6. The van der Waals surface area contributed by atoms with E-state index < -0.39 is 17.7 Å². The second-order valence-electron chi connectivity index (χ2n) is 8.03. The highest BCUT2D eigenvalue weighted by atomic mass is 16.4. The van der Waals surface area contributed by atoms with Crippen molar-refractivity contribution in [3.63, 3.8) is 0 Å². The maximum absolute atomic E-state index is 12.9. The zero-order valence-electron chi connectivity index (χ0n) is 17.9. The maximum atomic E-state index is 12.9. The number of benzene rings is 1. The van der Waals surface area contributed by atoms with Crippen LogP contribution in [-0.2, 0) is 9.59 Å². The molecule has 0 aliphatic rings. The van der Waals surface area contributed by atoms with Gasteiger partial charge < -0.3 is 26.5 Å². The van der Waals surface area contributed by atoms with Crippen LogP contribution in [0, 0.1) is 12.8 Å². The first-order valence-corrected chi connectivity index (χ1v) is 10.3. The fourth-order valence-electron chi connectivity index (χ4n) is 3.29. The van der Waals surface area contributed by atoms with E-state index in [0.717, 1.165) is 17.4 Å². The molecule has 0 aliphatic heterocycles. The Morgan fingerprint density at radius 2 is 1.87 bits per heavy atom. The van der Waals surface area contributed by atoms with Crippen molar-refractivity contribution >= 4 is 28.5 Å². The Bertz CT molecular complexity index is 938. The minimum Gasteiger partial charge on any atom is -0.423 e. The number of nitrogens with one attached hydrogen (secondary N) is 2. The molecule has 2 rings (SSSR count). The Kier molecular flexibility index (Phi) is 8.56. The van der Waals surface area contributed by atoms with Gasteiger partial charge >= 0.3 is 5.63 Å². The predicted octanol–water partition coefficient (Wildman–Crippen LogP) is 2.03. The van der Waals surface area contributed by atoms with Crippen LogP contribution in [-0.4, -0.2) is 30.4 Å². The molecule has 0 saturated heterocycles. The molecule has 2 amide bonds. The molecule has 0 saturated carbocycles. The number of hydrogen-bond donors (Lipinski definition) is 4. The van der Waals surface area contributed by atoms with Gasteiger partial charge in [-0.15, -0.1) is 0 Å². The summed E-state index contributed by atoms with van der Waals surface area (Å²) < 4.78 is 5.23. The van der Waals surface area contributed by atoms with Crippen molar-refractivity contribution in [1.82, 2.24) is 5.32 Å². The molecule has 1 aromatic carbocycles. The highest BCUT2D eigenvalue weighted by molar-refractivity contribution is 5.99. The van der Waals surface area contributed by atoms with E-state index in [1.807, 2.05) is 20.8 Å². The lowest BCUT2D eigenvalue weighted by Crippen LogP contribution is -2.50. The second-order valence-corrected chi connectivity index (χ2v) is 8.03. The standard InChI is InChI=1S/C22H32N4O4/c1-13(2)10-17(24)21(28)26-18(6-4-5-9-23)22(29)25-15-7-8-16-14(3)11-20(27)30-19(16)12-15/h7-8,11-13,17-18H,4-6,9-10,23-24H2,1-3H3,(H,25,29)(H,26,28). The summed E-state index contributed by atoms with van der Waals surface area (Å²) >= 11 is 0. The lowest BCUT2D eigenvalue weighted by atomic mass is 10.0. The average molecular weight is 417 g/mol. The molecule has 8 heteroatoms. The van der Waals surface area contributed by atoms with Gasteiger partial charge in [-0.3, -0.25) is 9.59 Å². The van der Waals surface area contributed by atoms with Gasteiger partial charge in [0.1, 0.15) is 11.6 Å². The fourth-order valence-corrected chi connectivity index (χ4v) is 3.29. The maximum Gasteiger partial charge on any atom is 0.336 e. The van der Waals surface area contributed by atoms with Crippen molar-refractivity contribution in [2.24, 2.45) is 17.4 Å². The first kappa shape index (κ1) is 23.6. The van der Waals surface area contributed by atoms with Crippen molar-refractivity contribution in [1.29, 1.82) is 0 Å². The molecule has 0 spiro atoms. The molecule has 1 aromatic heterocycles. The third-order valence-electron chi connectivity index (χ3n) is 4.86. The zero-order valence-corrected chi connectivity index (χ0v) is 17.9. The zero-order chi connectivity index (χ0) is 22.3. The summed E-state index contributed by atoms with van der Waals surface area (Å²) in [5, 5.41) is 6.36. The van der Waals surface area contributed by atoms with Gasteiger partial charge in [-0.1, -0.05) is 13.8 Å². The summed E-state index contributed by atoms with van der Waals surface area (Å²) in [6.07, 6.45) is 2.43. The summed E-state index contributed by atoms with van der Waals surface area (Å²) in [6.45, 7) is 6.30. The van der Waals surface area contributed by atoms with Gasteiger partial charge in [0.05, 0.1) is 6.04 Å². The topological polar surface area (TPSA) is 140 Å². The quantitative estimate of drug-likeness (QED) is 0.345. The number of amides is 2. The van der Waals surface area contributed by atoms with Crippen LogP contribution in [0.2, 0.25) is 0 Å². The lowest BCUT2D eigenvalue weighted by Gasteiger charge is -2.21. The molecule has 6 N–H and O–H groups in total. The van der Waals surface area contributed by atoms with E-state index in [4.69, 9.17) is 15.9 Å². The van der Waals surface area contributed by atoms with Gasteiger partial charge in [-0.2, -0.15) is 0 Å². The number of carbonyl (C=O) groups is 2. The minimum atomic E-state index is -0.734. The number of nitrogens with two attached hydrogens (primary N) is 2. The Morgan fingerprint density at radius 1 is 1.13 bits per heavy atom. The molecule has 0 radical (unpaired) electrons. The van der Waals surface area contributed by atoms with Gasteiger partial charge in [0, 0.05) is 23.2 Å². The van der Waals surface area contributed by atoms with Crippen LogP contribution >= 0.6 is 0 Å². The molecule has 2 unspecified atom stereocenters. The van der Waals surface area contributed by atoms with Crippen LogP contribution in [0.3, 0.4) is 0 Å². The van der Waals surface area contributed by atoms with Crippen molar-refractivity contribution in [3.8, 4) is 0 Å². The van der Waals surface area contributed by atoms with Gasteiger partial charge in [0.15, 0.2) is 0 Å². The molecule has 2 atom stereocenters. The molecule has 1 heterocycles. The Morgan fingerprint density at radius 3 is 2.53 bits per heavy atom. The summed E-state index contributed by atoms with van der Waals surface area (Å²) in [5.74, 6) is -0.436. The highest BCUT2D eigenvalue weighted by Gasteiger charge is 2.24. The van der Waals surface area contributed by atoms with Crippen molar-refractivity contribution < 1.29 is 14.0 Å². The predicted molar refractivity (Wildman–Crippen MR) is 118 cm³/mol. The smallest absolute Gasteiger partial charge is 0.336 e. The normalized spacial score (nSPS) is 13.3. The molecular formula is C22H32N4O4. The third kappa shape index (κ3) is 6.67. The molecule has 164 valence electrons. The van der Waals surface area contributed by atoms with Gasteiger partial charge in [0.2, 0.25) is 11.8 Å². The van der Waals surface area contributed by atoms with Crippen molar-refractivity contribution in [3.05, 3.63) is 40.2 Å². The second kappa shape index (κ2) is 10.9. The lowest BCUT2D eigenvalue weighted by molar-refractivity contribution is -0.127. The van der Waals surface area contributed by atoms with E-state index in [9.17, 15) is 14.4 Å². The van der Waals surface area contributed by atoms with E-state index in [2.05, 4.69) is 10.6 Å². The van der Waals surface area contributed by atoms with Gasteiger partial charge in [0.25, 0.3) is 0 Å². The molecule has 8 nitrogen and oxygen atoms in total. The average Bonchev–Trinajstić information content (AvgIpc) is 2.66. The minimum absolute atomic E-state index is 0.269. The first-order chi connectivity index (χ1) is 14.2. The summed E-state index contributed by atoms with van der Waals surface area (Å²) in [6, 6.07) is 5.13. The molecule has 0 fully saturated rings. The molecule has 30 heavy (non-hydrogen) atoms. The van der Waals surface area contributed by atoms with Crippen LogP contribution in [0.15, 0.2) is 33.5 Å². The summed E-state index contributed by atoms with van der Waals surface area (Å²) in [7, 11) is 0. The molecule has 0 bridgehead atoms. The van der Waals surface area contributed by atoms with E-state index in [1.165, 1.54) is 6.07 Å². The summed E-state index contributed by atoms with van der Waals surface area (Å²) in [5.41, 5.74) is 12.7. The Hall–Kier alpha value is -2.71. The summed E-state index contributed by atoms with van der Waals surface area (Å²) in [4.78, 5) is 36.9. The number of aryl methyl sites for hydroxylation is 1. The van der Waals surface area contributed by atoms with Crippen LogP contribution in [0.1, 0.15) is 45.1 Å². The Balaban J connectivity index is 2.15. The van der Waals surface area contributed by atoms with Gasteiger partial charge in [-0.05, 0) is 62.8 Å². The number of rotatable bonds is 10. The fraction of sp³-hybridized carbons (Fsp3) is 0.500. The number of fused-ring (bicyclic) bond motifs is 1. The van der Waals surface area contributed by atoms with Crippen molar-refractivity contribution in [2.75, 3.05) is 11.9 Å². The van der Waals surface area contributed by atoms with E-state index in [-0.39, 0.29) is 17.7 Å². The van der Waals surface area contributed by atoms with E-state index >= 15 is 0 Å². The van der Waals surface area contributed by atoms with Crippen LogP contribution in [0.5, 0.6) is 0 Å². The number of carbonyl (C=O) groups excluding carboxylic acids is 2. The highest BCUT2D eigenvalue weighted by Crippen LogP contribution is 2.21. The molecular weight excluding hydrogens is 384 g/mol. The SMILES string of the molecule is Cc1cc(=O)oc2cc(NC(=O)C(CCCCN)NC(=O)C(N)CC(C)C)ccc12. The number of anilines is 1. The van der Waals surface area contributed by atoms with Crippen molar-refractivity contribution in [2.45, 2.75) is 58.5 Å². The largest absolute Gasteiger partial charge is 0.423 e. The van der Waals surface area contributed by atoms with E-state index in [0.29, 0.717) is 37.1 Å². The van der Waals surface area contributed by atoms with Gasteiger partial charge in [-0.25, -0.2) is 4.79 Å². The van der Waals surface area contributed by atoms with Crippen LogP contribution in [0.25, 0.3) is 11.0 Å². The molecule has 2 aromatic rings. The third-order valence-corrected chi connectivity index (χ3v) is 4.86. The molecule has 0 aliphatic carbocycles.